The third-order valence-corrected chi connectivity index (χ3v) is 10.4. The molecule has 5 aliphatic heterocycles. The first-order chi connectivity index (χ1) is 22.3. The molecule has 0 radical (unpaired) electrons. The summed E-state index contributed by atoms with van der Waals surface area (Å²) in [6, 6.07) is 4.06. The summed E-state index contributed by atoms with van der Waals surface area (Å²) in [7, 11) is 0. The maximum Gasteiger partial charge on any atom is 0.302 e. The highest BCUT2D eigenvalue weighted by Gasteiger charge is 2.38. The number of unbranched alkanes of at least 4 members (excludes halogenated alkanes) is 1. The lowest BCUT2D eigenvalue weighted by Gasteiger charge is -2.39. The smallest absolute Gasteiger partial charge is 0.302 e. The summed E-state index contributed by atoms with van der Waals surface area (Å²) in [6.45, 7) is 5.24. The molecule has 0 saturated carbocycles. The molecule has 0 amide bonds. The molecule has 240 valence electrons. The van der Waals surface area contributed by atoms with Crippen molar-refractivity contribution in [3.05, 3.63) is 84.9 Å². The second-order valence-corrected chi connectivity index (χ2v) is 13.3. The Kier molecular flexibility index (Phi) is 7.33. The van der Waals surface area contributed by atoms with Gasteiger partial charge in [-0.2, -0.15) is 0 Å². The fourth-order valence-electron chi connectivity index (χ4n) is 8.58. The van der Waals surface area contributed by atoms with Crippen LogP contribution in [0.5, 0.6) is 11.5 Å². The van der Waals surface area contributed by atoms with E-state index in [2.05, 4.69) is 9.48 Å². The lowest BCUT2D eigenvalue weighted by molar-refractivity contribution is -0.141. The topological polar surface area (TPSA) is 41.8 Å². The first kappa shape index (κ1) is 29.5. The summed E-state index contributed by atoms with van der Waals surface area (Å²) < 4.78 is 77.0. The zero-order chi connectivity index (χ0) is 31.7. The van der Waals surface area contributed by atoms with Gasteiger partial charge in [0.2, 0.25) is 5.36 Å². The van der Waals surface area contributed by atoms with Crippen molar-refractivity contribution in [2.75, 3.05) is 37.7 Å². The average molecular weight is 634 g/mol. The van der Waals surface area contributed by atoms with Gasteiger partial charge in [0.25, 0.3) is 0 Å². The monoisotopic (exact) mass is 633 g/mol. The van der Waals surface area contributed by atoms with Gasteiger partial charge in [-0.25, -0.2) is 22.1 Å². The van der Waals surface area contributed by atoms with Gasteiger partial charge in [-0.15, -0.1) is 0 Å². The summed E-state index contributed by atoms with van der Waals surface area (Å²) in [6.07, 6.45) is 7.71. The number of benzene rings is 3. The van der Waals surface area contributed by atoms with Gasteiger partial charge in [0.15, 0.2) is 23.3 Å². The highest BCUT2D eigenvalue weighted by Crippen LogP contribution is 2.49. The van der Waals surface area contributed by atoms with Gasteiger partial charge >= 0.3 is 5.97 Å². The van der Waals surface area contributed by atoms with Gasteiger partial charge in [0.05, 0.1) is 12.2 Å². The largest absolute Gasteiger partial charge is 0.466 e. The molecular weight excluding hydrogens is 596 g/mol. The maximum absolute atomic E-state index is 16.4. The van der Waals surface area contributed by atoms with E-state index in [4.69, 9.17) is 9.47 Å². The van der Waals surface area contributed by atoms with E-state index in [-0.39, 0.29) is 24.2 Å². The van der Waals surface area contributed by atoms with Crippen LogP contribution in [0.1, 0.15) is 84.4 Å². The number of carbonyl (C=O) groups excluding carboxylic acids is 1. The highest BCUT2D eigenvalue weighted by molar-refractivity contribution is 5.90. The van der Waals surface area contributed by atoms with Gasteiger partial charge in [-0.1, -0.05) is 0 Å². The maximum atomic E-state index is 16.4. The van der Waals surface area contributed by atoms with E-state index >= 15 is 13.2 Å². The Morgan fingerprint density at radius 1 is 0.848 bits per heavy atom. The normalized spacial score (nSPS) is 17.5. The van der Waals surface area contributed by atoms with Gasteiger partial charge < -0.3 is 14.4 Å². The van der Waals surface area contributed by atoms with Crippen molar-refractivity contribution in [3.8, 4) is 11.5 Å². The molecule has 5 nitrogen and oxygen atoms in total. The van der Waals surface area contributed by atoms with Crippen molar-refractivity contribution in [3.63, 3.8) is 0 Å². The molecule has 3 aromatic rings. The van der Waals surface area contributed by atoms with Gasteiger partial charge in [-0.05, 0) is 75.5 Å². The minimum absolute atomic E-state index is 0.0529. The molecule has 0 aliphatic carbocycles. The summed E-state index contributed by atoms with van der Waals surface area (Å²) in [5.74, 6) is -5.56. The Morgan fingerprint density at radius 2 is 1.57 bits per heavy atom. The van der Waals surface area contributed by atoms with Gasteiger partial charge in [-0.3, -0.25) is 4.79 Å². The van der Waals surface area contributed by atoms with Crippen molar-refractivity contribution in [2.45, 2.75) is 77.6 Å². The number of hydrogen-bond acceptors (Lipinski definition) is 4. The fourth-order valence-corrected chi connectivity index (χ4v) is 8.58. The number of nitrogens with zero attached hydrogens (tertiary/aromatic N) is 2. The van der Waals surface area contributed by atoms with Crippen molar-refractivity contribution in [1.82, 2.24) is 4.58 Å². The van der Waals surface area contributed by atoms with Crippen LogP contribution in [-0.4, -0.2) is 38.8 Å². The molecule has 0 N–H and O–H groups in total. The first-order valence-electron chi connectivity index (χ1n) is 16.7. The highest BCUT2D eigenvalue weighted by atomic mass is 19.2. The summed E-state index contributed by atoms with van der Waals surface area (Å²) >= 11 is 0. The number of hydrogen-bond donors (Lipinski definition) is 0. The van der Waals surface area contributed by atoms with Crippen LogP contribution in [0.25, 0.3) is 5.57 Å². The van der Waals surface area contributed by atoms with E-state index < -0.39 is 29.2 Å². The molecule has 5 heterocycles. The van der Waals surface area contributed by atoms with E-state index in [0.717, 1.165) is 99.8 Å². The van der Waals surface area contributed by atoms with E-state index in [1.165, 1.54) is 18.0 Å². The quantitative estimate of drug-likeness (QED) is 0.0697. The molecule has 0 atom stereocenters. The van der Waals surface area contributed by atoms with Crippen molar-refractivity contribution < 1.29 is 31.8 Å². The van der Waals surface area contributed by atoms with Crippen LogP contribution < -0.4 is 24.8 Å². The molecule has 0 fully saturated rings. The lowest BCUT2D eigenvalue weighted by Crippen LogP contribution is -2.45. The molecule has 3 aromatic carbocycles. The Hall–Kier alpha value is -3.88. The number of rotatable bonds is 6. The van der Waals surface area contributed by atoms with E-state index in [1.807, 2.05) is 12.1 Å². The minimum atomic E-state index is -1.81. The first-order valence-corrected chi connectivity index (χ1v) is 16.7. The van der Waals surface area contributed by atoms with Gasteiger partial charge in [0.1, 0.15) is 24.6 Å². The van der Waals surface area contributed by atoms with E-state index in [0.29, 0.717) is 40.7 Å². The molecule has 0 unspecified atom stereocenters. The Labute approximate surface area is 265 Å². The zero-order valence-electron chi connectivity index (χ0n) is 26.1. The minimum Gasteiger partial charge on any atom is -0.466 e. The molecule has 0 bridgehead atoms. The van der Waals surface area contributed by atoms with E-state index in [1.54, 1.807) is 0 Å². The Morgan fingerprint density at radius 3 is 2.37 bits per heavy atom. The third kappa shape index (κ3) is 4.55. The van der Waals surface area contributed by atoms with Crippen molar-refractivity contribution in [2.24, 2.45) is 0 Å². The second kappa shape index (κ2) is 11.4. The molecule has 46 heavy (non-hydrogen) atoms. The summed E-state index contributed by atoms with van der Waals surface area (Å²) in [5, 5.41) is 1.79. The van der Waals surface area contributed by atoms with Crippen LogP contribution in [-0.2, 0) is 41.6 Å². The van der Waals surface area contributed by atoms with E-state index in [9.17, 15) is 9.18 Å². The molecule has 0 saturated heterocycles. The Bertz CT molecular complexity index is 1950. The van der Waals surface area contributed by atoms with Crippen LogP contribution >= 0.6 is 0 Å². The molecule has 0 spiro atoms. The predicted octanol–water partition coefficient (Wildman–Crippen LogP) is 5.56. The second-order valence-electron chi connectivity index (χ2n) is 13.3. The van der Waals surface area contributed by atoms with Crippen LogP contribution in [0.15, 0.2) is 12.1 Å². The standard InChI is InChI=1S/C37H37F4N2O3/c1-20(44)45-17-3-2-10-23-29(31(39)33(41)32(40)30(23)38)28-26-18-21-8-4-13-42-15-6-11-24(34(21)42)36(26)46-37-25-12-7-16-43-14-5-9-22(35(25)43)19-27(28)37/h18-19H,2-17H2,1H3/q+1. The predicted molar refractivity (Wildman–Crippen MR) is 166 cm³/mol. The average Bonchev–Trinajstić information content (AvgIpc) is 3.06. The lowest BCUT2D eigenvalue weighted by atomic mass is 9.81. The SMILES string of the molecule is CC(=O)OCCCCc1c(F)c(F)c(F)c(F)c1C1=c2cc3c4c(c2Oc2c1cc1c5c2CCCN5CCC1)CCC[N+]=4CCC3. The molecule has 0 aromatic heterocycles. The Balaban J connectivity index is 1.45. The molecule has 9 heteroatoms. The van der Waals surface area contributed by atoms with Crippen LogP contribution in [0.4, 0.5) is 23.2 Å². The summed E-state index contributed by atoms with van der Waals surface area (Å²) in [5.41, 5.74) is 6.11. The summed E-state index contributed by atoms with van der Waals surface area (Å²) in [4.78, 5) is 13.7. The third-order valence-electron chi connectivity index (χ3n) is 10.4. The number of carbonyl (C=O) groups is 1. The molecule has 8 rings (SSSR count). The van der Waals surface area contributed by atoms with Crippen molar-refractivity contribution in [1.29, 1.82) is 0 Å². The molecular formula is C37H37F4N2O3+. The van der Waals surface area contributed by atoms with Crippen LogP contribution in [0.3, 0.4) is 0 Å². The van der Waals surface area contributed by atoms with Crippen molar-refractivity contribution >= 4 is 17.2 Å². The number of ether oxygens (including phenoxy) is 2. The van der Waals surface area contributed by atoms with Crippen LogP contribution in [0, 0.1) is 23.3 Å². The fraction of sp³-hybridized carbons (Fsp3) is 0.459. The van der Waals surface area contributed by atoms with Crippen LogP contribution in [0.2, 0.25) is 0 Å². The number of aryl methyl sites for hydroxylation is 2. The number of halogens is 4. The van der Waals surface area contributed by atoms with Gasteiger partial charge in [0, 0.05) is 77.2 Å². The molecule has 5 aliphatic rings. The number of esters is 1. The number of anilines is 1. The number of fused-ring (bicyclic) bond motifs is 4. The zero-order valence-corrected chi connectivity index (χ0v) is 26.1.